The van der Waals surface area contributed by atoms with E-state index in [-0.39, 0.29) is 48.2 Å². The maximum Gasteiger partial charge on any atom is 0.311 e. The number of benzene rings is 3. The lowest BCUT2D eigenvalue weighted by molar-refractivity contribution is -0.385. The Bertz CT molecular complexity index is 1280. The molecular formula is C31H35N3O6. The van der Waals surface area contributed by atoms with Gasteiger partial charge >= 0.3 is 5.69 Å². The summed E-state index contributed by atoms with van der Waals surface area (Å²) in [5, 5.41) is 14.5. The van der Waals surface area contributed by atoms with Crippen LogP contribution in [-0.2, 0) is 22.6 Å². The molecule has 4 rings (SSSR count). The van der Waals surface area contributed by atoms with E-state index in [0.717, 1.165) is 36.8 Å². The molecule has 0 unspecified atom stereocenters. The molecule has 0 bridgehead atoms. The van der Waals surface area contributed by atoms with Crippen LogP contribution in [0.25, 0.3) is 0 Å². The molecule has 1 saturated carbocycles. The van der Waals surface area contributed by atoms with Gasteiger partial charge in [0.15, 0.2) is 6.61 Å². The average molecular weight is 546 g/mol. The normalized spacial score (nSPS) is 14.1. The van der Waals surface area contributed by atoms with Crippen molar-refractivity contribution < 1.29 is 24.0 Å². The van der Waals surface area contributed by atoms with E-state index in [9.17, 15) is 19.7 Å². The minimum atomic E-state index is -0.757. The zero-order valence-corrected chi connectivity index (χ0v) is 22.7. The van der Waals surface area contributed by atoms with Crippen LogP contribution in [0.4, 0.5) is 5.69 Å². The first-order valence-corrected chi connectivity index (χ1v) is 13.6. The Kier molecular flexibility index (Phi) is 10.1. The number of amides is 2. The first kappa shape index (κ1) is 28.6. The van der Waals surface area contributed by atoms with Crippen LogP contribution in [-0.4, -0.2) is 47.4 Å². The fourth-order valence-electron chi connectivity index (χ4n) is 5.00. The molecule has 1 fully saturated rings. The van der Waals surface area contributed by atoms with Crippen LogP contribution in [0.2, 0.25) is 0 Å². The fourth-order valence-corrected chi connectivity index (χ4v) is 5.00. The number of hydrogen-bond donors (Lipinski definition) is 1. The number of nitrogens with zero attached hydrogens (tertiary/aromatic N) is 2. The van der Waals surface area contributed by atoms with Crippen LogP contribution in [0.1, 0.15) is 43.2 Å². The molecule has 0 radical (unpaired) electrons. The summed E-state index contributed by atoms with van der Waals surface area (Å²) in [5.41, 5.74) is 1.63. The van der Waals surface area contributed by atoms with Crippen LogP contribution in [0.3, 0.4) is 0 Å². The van der Waals surface area contributed by atoms with Crippen molar-refractivity contribution in [2.45, 2.75) is 57.2 Å². The Hall–Kier alpha value is -4.40. The summed E-state index contributed by atoms with van der Waals surface area (Å²) in [6.45, 7) is -0.127. The van der Waals surface area contributed by atoms with Gasteiger partial charge in [-0.1, -0.05) is 79.9 Å². The van der Waals surface area contributed by atoms with E-state index in [0.29, 0.717) is 6.42 Å². The smallest absolute Gasteiger partial charge is 0.311 e. The van der Waals surface area contributed by atoms with Gasteiger partial charge in [0.05, 0.1) is 12.0 Å². The van der Waals surface area contributed by atoms with E-state index in [1.807, 2.05) is 60.7 Å². The van der Waals surface area contributed by atoms with Gasteiger partial charge < -0.3 is 19.7 Å². The fraction of sp³-hybridized carbons (Fsp3) is 0.355. The lowest BCUT2D eigenvalue weighted by Crippen LogP contribution is -2.53. The molecule has 9 heteroatoms. The van der Waals surface area contributed by atoms with E-state index >= 15 is 0 Å². The third kappa shape index (κ3) is 7.81. The summed E-state index contributed by atoms with van der Waals surface area (Å²) in [6.07, 6.45) is 5.54. The Morgan fingerprint density at radius 1 is 0.975 bits per heavy atom. The zero-order valence-electron chi connectivity index (χ0n) is 22.7. The van der Waals surface area contributed by atoms with Crippen molar-refractivity contribution in [3.8, 4) is 11.5 Å². The van der Waals surface area contributed by atoms with E-state index in [1.54, 1.807) is 4.90 Å². The summed E-state index contributed by atoms with van der Waals surface area (Å²) < 4.78 is 10.9. The molecule has 0 aliphatic heterocycles. The molecule has 3 aromatic carbocycles. The molecule has 1 aliphatic carbocycles. The summed E-state index contributed by atoms with van der Waals surface area (Å²) in [5.74, 6) is -0.274. The molecule has 210 valence electrons. The highest BCUT2D eigenvalue weighted by molar-refractivity contribution is 5.88. The van der Waals surface area contributed by atoms with Gasteiger partial charge in [-0.2, -0.15) is 0 Å². The van der Waals surface area contributed by atoms with Gasteiger partial charge in [-0.05, 0) is 30.0 Å². The highest BCUT2D eigenvalue weighted by Gasteiger charge is 2.32. The van der Waals surface area contributed by atoms with Crippen molar-refractivity contribution in [3.05, 3.63) is 100 Å². The van der Waals surface area contributed by atoms with Crippen LogP contribution in [0, 0.1) is 10.1 Å². The standard InChI is InChI=1S/C31H35N3O6/c1-39-29-20-26(17-18-27(29)34(37)38)40-22-30(35)33(21-24-13-7-3-8-14-24)28(19-23-11-5-2-6-12-23)31(36)32-25-15-9-4-10-16-25/h2-3,5-8,11-14,17-18,20,25,28H,4,9-10,15-16,19,21-22H2,1H3,(H,32,36)/t28-/m0/s1. The van der Waals surface area contributed by atoms with Crippen LogP contribution < -0.4 is 14.8 Å². The van der Waals surface area contributed by atoms with Crippen LogP contribution in [0.15, 0.2) is 78.9 Å². The number of carbonyl (C=O) groups is 2. The lowest BCUT2D eigenvalue weighted by Gasteiger charge is -2.33. The van der Waals surface area contributed by atoms with Crippen LogP contribution >= 0.6 is 0 Å². The van der Waals surface area contributed by atoms with Crippen molar-refractivity contribution in [1.82, 2.24) is 10.2 Å². The number of nitro benzene ring substituents is 1. The van der Waals surface area contributed by atoms with Gasteiger partial charge in [0, 0.05) is 31.1 Å². The zero-order chi connectivity index (χ0) is 28.3. The summed E-state index contributed by atoms with van der Waals surface area (Å²) in [4.78, 5) is 39.8. The lowest BCUT2D eigenvalue weighted by atomic mass is 9.94. The van der Waals surface area contributed by atoms with Crippen molar-refractivity contribution in [1.29, 1.82) is 0 Å². The van der Waals surface area contributed by atoms with E-state index in [1.165, 1.54) is 31.7 Å². The summed E-state index contributed by atoms with van der Waals surface area (Å²) >= 11 is 0. The number of hydrogen-bond acceptors (Lipinski definition) is 6. The second kappa shape index (κ2) is 14.1. The maximum atomic E-state index is 13.8. The largest absolute Gasteiger partial charge is 0.490 e. The minimum absolute atomic E-state index is 0.0323. The molecule has 1 aliphatic rings. The topological polar surface area (TPSA) is 111 Å². The third-order valence-corrected chi connectivity index (χ3v) is 7.13. The van der Waals surface area contributed by atoms with Crippen LogP contribution in [0.5, 0.6) is 11.5 Å². The van der Waals surface area contributed by atoms with Gasteiger partial charge in [-0.25, -0.2) is 0 Å². The molecule has 3 aromatic rings. The summed E-state index contributed by atoms with van der Waals surface area (Å²) in [6, 6.07) is 22.6. The summed E-state index contributed by atoms with van der Waals surface area (Å²) in [7, 11) is 1.33. The molecule has 1 N–H and O–H groups in total. The van der Waals surface area contributed by atoms with E-state index in [2.05, 4.69) is 5.32 Å². The van der Waals surface area contributed by atoms with Gasteiger partial charge in [0.25, 0.3) is 5.91 Å². The quantitative estimate of drug-likeness (QED) is 0.251. The number of methoxy groups -OCH3 is 1. The molecule has 0 saturated heterocycles. The Morgan fingerprint density at radius 3 is 2.25 bits per heavy atom. The van der Waals surface area contributed by atoms with E-state index < -0.39 is 11.0 Å². The second-order valence-corrected chi connectivity index (χ2v) is 9.94. The molecular weight excluding hydrogens is 510 g/mol. The molecule has 40 heavy (non-hydrogen) atoms. The molecule has 0 spiro atoms. The van der Waals surface area contributed by atoms with Gasteiger partial charge in [0.1, 0.15) is 11.8 Å². The molecule has 1 atom stereocenters. The average Bonchev–Trinajstić information content (AvgIpc) is 2.99. The minimum Gasteiger partial charge on any atom is -0.490 e. The molecule has 9 nitrogen and oxygen atoms in total. The van der Waals surface area contributed by atoms with Crippen molar-refractivity contribution in [3.63, 3.8) is 0 Å². The monoisotopic (exact) mass is 545 g/mol. The predicted octanol–water partition coefficient (Wildman–Crippen LogP) is 5.07. The van der Waals surface area contributed by atoms with Gasteiger partial charge in [-0.3, -0.25) is 19.7 Å². The highest BCUT2D eigenvalue weighted by Crippen LogP contribution is 2.31. The molecule has 0 heterocycles. The maximum absolute atomic E-state index is 13.8. The first-order chi connectivity index (χ1) is 19.4. The Labute approximate surface area is 234 Å². The molecule has 0 aromatic heterocycles. The predicted molar refractivity (Wildman–Crippen MR) is 151 cm³/mol. The van der Waals surface area contributed by atoms with Crippen molar-refractivity contribution in [2.24, 2.45) is 0 Å². The highest BCUT2D eigenvalue weighted by atomic mass is 16.6. The Morgan fingerprint density at radius 2 is 1.62 bits per heavy atom. The van der Waals surface area contributed by atoms with E-state index in [4.69, 9.17) is 9.47 Å². The first-order valence-electron chi connectivity index (χ1n) is 13.6. The molecule has 2 amide bonds. The van der Waals surface area contributed by atoms with Gasteiger partial charge in [0.2, 0.25) is 11.7 Å². The SMILES string of the molecule is COc1cc(OCC(=O)N(Cc2ccccc2)[C@@H](Cc2ccccc2)C(=O)NC2CCCCC2)ccc1[N+](=O)[O-]. The number of nitro groups is 1. The van der Waals surface area contributed by atoms with Crippen molar-refractivity contribution in [2.75, 3.05) is 13.7 Å². The second-order valence-electron chi connectivity index (χ2n) is 9.94. The van der Waals surface area contributed by atoms with Gasteiger partial charge in [-0.15, -0.1) is 0 Å². The number of ether oxygens (including phenoxy) is 2. The van der Waals surface area contributed by atoms with Crippen molar-refractivity contribution >= 4 is 17.5 Å². The third-order valence-electron chi connectivity index (χ3n) is 7.13. The number of nitrogens with one attached hydrogen (secondary N) is 1. The Balaban J connectivity index is 1.59. The number of carbonyl (C=O) groups excluding carboxylic acids is 2. The number of rotatable bonds is 12.